The highest BCUT2D eigenvalue weighted by molar-refractivity contribution is 5.74. The van der Waals surface area contributed by atoms with Gasteiger partial charge in [-0.3, -0.25) is 4.90 Å². The molecule has 22 heavy (non-hydrogen) atoms. The molecule has 0 spiro atoms. The van der Waals surface area contributed by atoms with Gasteiger partial charge in [0.1, 0.15) is 0 Å². The SMILES string of the molecule is C[C@H](NC(=O)N1CCN(CC(F)(F)F)[C@H](C)C1)[C@@H]1CCOC1. The van der Waals surface area contributed by atoms with E-state index in [4.69, 9.17) is 4.74 Å². The molecule has 3 atom stereocenters. The summed E-state index contributed by atoms with van der Waals surface area (Å²) in [5.41, 5.74) is 0. The van der Waals surface area contributed by atoms with E-state index in [1.165, 1.54) is 4.90 Å². The van der Waals surface area contributed by atoms with Gasteiger partial charge in [-0.1, -0.05) is 0 Å². The summed E-state index contributed by atoms with van der Waals surface area (Å²) in [7, 11) is 0. The second-order valence-electron chi connectivity index (χ2n) is 6.24. The molecule has 128 valence electrons. The standard InChI is InChI=1S/C14H24F3N3O2/c1-10-7-19(4-5-20(10)9-14(15,16)17)13(21)18-11(2)12-3-6-22-8-12/h10-12H,3-9H2,1-2H3,(H,18,21)/t10-,11+,12-/m1/s1. The monoisotopic (exact) mass is 323 g/mol. The number of ether oxygens (including phenoxy) is 1. The van der Waals surface area contributed by atoms with Crippen LogP contribution in [-0.4, -0.2) is 73.5 Å². The molecule has 0 unspecified atom stereocenters. The van der Waals surface area contributed by atoms with Gasteiger partial charge in [0, 0.05) is 44.2 Å². The number of piperazine rings is 1. The van der Waals surface area contributed by atoms with Gasteiger partial charge in [0.15, 0.2) is 0 Å². The number of urea groups is 1. The second kappa shape index (κ2) is 7.04. The molecule has 2 aliphatic rings. The Bertz CT molecular complexity index is 386. The predicted molar refractivity (Wildman–Crippen MR) is 75.6 cm³/mol. The maximum absolute atomic E-state index is 12.5. The maximum atomic E-state index is 12.5. The Balaban J connectivity index is 1.80. The van der Waals surface area contributed by atoms with E-state index >= 15 is 0 Å². The largest absolute Gasteiger partial charge is 0.401 e. The lowest BCUT2D eigenvalue weighted by Crippen LogP contribution is -2.58. The summed E-state index contributed by atoms with van der Waals surface area (Å²) >= 11 is 0. The van der Waals surface area contributed by atoms with Crippen molar-refractivity contribution in [1.82, 2.24) is 15.1 Å². The number of alkyl halides is 3. The van der Waals surface area contributed by atoms with Gasteiger partial charge in [0.2, 0.25) is 0 Å². The van der Waals surface area contributed by atoms with Gasteiger partial charge in [-0.05, 0) is 20.3 Å². The molecule has 8 heteroatoms. The minimum absolute atomic E-state index is 0.0125. The molecule has 0 aromatic rings. The zero-order chi connectivity index (χ0) is 16.3. The van der Waals surface area contributed by atoms with Crippen LogP contribution in [-0.2, 0) is 4.74 Å². The Labute approximate surface area is 128 Å². The molecule has 0 aromatic carbocycles. The lowest BCUT2D eigenvalue weighted by atomic mass is 10.0. The predicted octanol–water partition coefficient (Wildman–Crippen LogP) is 1.69. The average molecular weight is 323 g/mol. The van der Waals surface area contributed by atoms with Crippen molar-refractivity contribution in [2.45, 2.75) is 38.5 Å². The first-order valence-corrected chi connectivity index (χ1v) is 7.70. The fraction of sp³-hybridized carbons (Fsp3) is 0.929. The van der Waals surface area contributed by atoms with Crippen molar-refractivity contribution in [3.05, 3.63) is 0 Å². The average Bonchev–Trinajstić information content (AvgIpc) is 2.93. The number of hydrogen-bond acceptors (Lipinski definition) is 3. The van der Waals surface area contributed by atoms with Crippen molar-refractivity contribution < 1.29 is 22.7 Å². The fourth-order valence-corrected chi connectivity index (χ4v) is 3.00. The number of halogens is 3. The molecule has 0 saturated carbocycles. The quantitative estimate of drug-likeness (QED) is 0.860. The third kappa shape index (κ3) is 4.74. The Morgan fingerprint density at radius 3 is 2.68 bits per heavy atom. The summed E-state index contributed by atoms with van der Waals surface area (Å²) < 4.78 is 42.7. The molecule has 2 heterocycles. The molecule has 2 rings (SSSR count). The highest BCUT2D eigenvalue weighted by Gasteiger charge is 2.36. The van der Waals surface area contributed by atoms with E-state index in [0.29, 0.717) is 25.6 Å². The van der Waals surface area contributed by atoms with Crippen LogP contribution in [0.2, 0.25) is 0 Å². The van der Waals surface area contributed by atoms with Crippen LogP contribution >= 0.6 is 0 Å². The molecular weight excluding hydrogens is 299 g/mol. The van der Waals surface area contributed by atoms with E-state index in [2.05, 4.69) is 5.32 Å². The van der Waals surface area contributed by atoms with Crippen LogP contribution in [0.4, 0.5) is 18.0 Å². The maximum Gasteiger partial charge on any atom is 0.401 e. The summed E-state index contributed by atoms with van der Waals surface area (Å²) in [6.07, 6.45) is -3.27. The Kier molecular flexibility index (Phi) is 5.55. The summed E-state index contributed by atoms with van der Waals surface area (Å²) in [5, 5.41) is 2.94. The molecular formula is C14H24F3N3O2. The molecule has 2 saturated heterocycles. The van der Waals surface area contributed by atoms with Gasteiger partial charge < -0.3 is 15.0 Å². The zero-order valence-corrected chi connectivity index (χ0v) is 13.0. The van der Waals surface area contributed by atoms with Crippen LogP contribution in [0.25, 0.3) is 0 Å². The van der Waals surface area contributed by atoms with Crippen molar-refractivity contribution in [1.29, 1.82) is 0 Å². The molecule has 1 N–H and O–H groups in total. The lowest BCUT2D eigenvalue weighted by molar-refractivity contribution is -0.153. The van der Waals surface area contributed by atoms with Crippen molar-refractivity contribution >= 4 is 6.03 Å². The van der Waals surface area contributed by atoms with Crippen LogP contribution in [0, 0.1) is 5.92 Å². The summed E-state index contributed by atoms with van der Waals surface area (Å²) in [6, 6.07) is -0.484. The van der Waals surface area contributed by atoms with Gasteiger partial charge in [0.25, 0.3) is 0 Å². The molecule has 5 nitrogen and oxygen atoms in total. The van der Waals surface area contributed by atoms with Gasteiger partial charge in [-0.15, -0.1) is 0 Å². The van der Waals surface area contributed by atoms with Crippen LogP contribution in [0.3, 0.4) is 0 Å². The van der Waals surface area contributed by atoms with E-state index in [1.54, 1.807) is 11.8 Å². The van der Waals surface area contributed by atoms with Crippen molar-refractivity contribution in [3.63, 3.8) is 0 Å². The number of nitrogens with one attached hydrogen (secondary N) is 1. The normalized spacial score (nSPS) is 28.7. The van der Waals surface area contributed by atoms with Gasteiger partial charge in [-0.2, -0.15) is 13.2 Å². The van der Waals surface area contributed by atoms with Crippen LogP contribution < -0.4 is 5.32 Å². The number of amides is 2. The first-order valence-electron chi connectivity index (χ1n) is 7.70. The summed E-state index contributed by atoms with van der Waals surface area (Å²) in [4.78, 5) is 15.2. The molecule has 0 bridgehead atoms. The third-order valence-corrected chi connectivity index (χ3v) is 4.46. The van der Waals surface area contributed by atoms with Gasteiger partial charge in [-0.25, -0.2) is 4.79 Å². The molecule has 2 fully saturated rings. The van der Waals surface area contributed by atoms with E-state index in [0.717, 1.165) is 13.0 Å². The smallest absolute Gasteiger partial charge is 0.381 e. The van der Waals surface area contributed by atoms with Gasteiger partial charge >= 0.3 is 12.2 Å². The van der Waals surface area contributed by atoms with Crippen molar-refractivity contribution in [2.75, 3.05) is 39.4 Å². The third-order valence-electron chi connectivity index (χ3n) is 4.46. The highest BCUT2D eigenvalue weighted by Crippen LogP contribution is 2.21. The lowest BCUT2D eigenvalue weighted by Gasteiger charge is -2.40. The molecule has 0 radical (unpaired) electrons. The van der Waals surface area contributed by atoms with E-state index < -0.39 is 12.7 Å². The topological polar surface area (TPSA) is 44.8 Å². The van der Waals surface area contributed by atoms with Crippen LogP contribution in [0.5, 0.6) is 0 Å². The number of nitrogens with zero attached hydrogens (tertiary/aromatic N) is 2. The zero-order valence-electron chi connectivity index (χ0n) is 13.0. The minimum atomic E-state index is -4.20. The number of carbonyl (C=O) groups excluding carboxylic acids is 1. The number of hydrogen-bond donors (Lipinski definition) is 1. The molecule has 0 aliphatic carbocycles. The van der Waals surface area contributed by atoms with E-state index in [1.807, 2.05) is 6.92 Å². The minimum Gasteiger partial charge on any atom is -0.381 e. The van der Waals surface area contributed by atoms with Crippen LogP contribution in [0.1, 0.15) is 20.3 Å². The molecule has 0 aromatic heterocycles. The van der Waals surface area contributed by atoms with Crippen LogP contribution in [0.15, 0.2) is 0 Å². The fourth-order valence-electron chi connectivity index (χ4n) is 3.00. The first-order chi connectivity index (χ1) is 10.3. The van der Waals surface area contributed by atoms with E-state index in [9.17, 15) is 18.0 Å². The first kappa shape index (κ1) is 17.3. The summed E-state index contributed by atoms with van der Waals surface area (Å²) in [6.45, 7) is 5.00. The Morgan fingerprint density at radius 1 is 1.41 bits per heavy atom. The Hall–Kier alpha value is -1.02. The van der Waals surface area contributed by atoms with Crippen molar-refractivity contribution in [2.24, 2.45) is 5.92 Å². The highest BCUT2D eigenvalue weighted by atomic mass is 19.4. The van der Waals surface area contributed by atoms with E-state index in [-0.39, 0.29) is 24.7 Å². The second-order valence-corrected chi connectivity index (χ2v) is 6.24. The number of rotatable bonds is 3. The van der Waals surface area contributed by atoms with Gasteiger partial charge in [0.05, 0.1) is 13.2 Å². The molecule has 2 amide bonds. The molecule has 2 aliphatic heterocycles. The summed E-state index contributed by atoms with van der Waals surface area (Å²) in [5.74, 6) is 0.313. The number of carbonyl (C=O) groups is 1. The Morgan fingerprint density at radius 2 is 2.14 bits per heavy atom. The van der Waals surface area contributed by atoms with Crippen molar-refractivity contribution in [3.8, 4) is 0 Å².